The van der Waals surface area contributed by atoms with Crippen LogP contribution >= 0.6 is 34.7 Å². The van der Waals surface area contributed by atoms with Gasteiger partial charge >= 0.3 is 26.0 Å². The highest BCUT2D eigenvalue weighted by atomic mass is 35.5. The van der Waals surface area contributed by atoms with Crippen molar-refractivity contribution in [1.82, 2.24) is 15.2 Å². The summed E-state index contributed by atoms with van der Waals surface area (Å²) in [5.41, 5.74) is 0.525. The number of thioether (sulfide) groups is 1. The summed E-state index contributed by atoms with van der Waals surface area (Å²) in [6.45, 7) is 13.0. The van der Waals surface area contributed by atoms with Crippen LogP contribution in [0.1, 0.15) is 75.7 Å². The molecule has 1 aromatic heterocycles. The highest BCUT2D eigenvalue weighted by Gasteiger charge is 2.55. The van der Waals surface area contributed by atoms with Gasteiger partial charge in [0.15, 0.2) is 23.0 Å². The Labute approximate surface area is 445 Å². The van der Waals surface area contributed by atoms with Gasteiger partial charge in [0.2, 0.25) is 11.5 Å². The molecule has 2 saturated heterocycles. The number of methoxy groups -OCH3 is 2. The third kappa shape index (κ3) is 13.5. The number of carbonyl (C=O) groups excluding carboxylic acids is 5. The topological polar surface area (TPSA) is 203 Å². The summed E-state index contributed by atoms with van der Waals surface area (Å²) in [6.07, 6.45) is 1.57. The Morgan fingerprint density at radius 3 is 2.14 bits per heavy atom. The number of nitrogens with one attached hydrogen (secondary N) is 2. The lowest BCUT2D eigenvalue weighted by Gasteiger charge is -2.50. The van der Waals surface area contributed by atoms with Crippen molar-refractivity contribution in [1.29, 1.82) is 0 Å². The quantitative estimate of drug-likeness (QED) is 0.0192. The predicted octanol–water partition coefficient (Wildman–Crippen LogP) is 7.92. The molecule has 4 aromatic rings. The SMILES string of the molecule is [B]OC(=O)C1=C(C[N+]2(CCNC(=O)Nc3ccc(OCc4ccc(OC)cc4)c(OCc4ccc(OC)cc4)c3Cl)CCCC2)CS[C@@H]2[C@H](CC(=O)/C(=N\OC(C)(C)C(=O)OC(C)(C)C)c3csc(C)n3)C(=O)N12. The molecule has 0 aliphatic carbocycles. The monoisotopic (exact) mass is 1070 g/mol. The lowest BCUT2D eigenvalue weighted by atomic mass is 9.89. The lowest BCUT2D eigenvalue weighted by molar-refractivity contribution is -0.911. The number of anilines is 1. The summed E-state index contributed by atoms with van der Waals surface area (Å²) in [6, 6.07) is 17.7. The van der Waals surface area contributed by atoms with Gasteiger partial charge in [-0.15, -0.1) is 23.1 Å². The lowest BCUT2D eigenvalue weighted by Crippen LogP contribution is -2.63. The van der Waals surface area contributed by atoms with Gasteiger partial charge in [-0.1, -0.05) is 41.0 Å². The van der Waals surface area contributed by atoms with Crippen molar-refractivity contribution >= 4 is 83.8 Å². The number of hydrogen-bond donors (Lipinski definition) is 2. The fraction of sp³-hybridized carbons (Fsp3) is 0.442. The highest BCUT2D eigenvalue weighted by molar-refractivity contribution is 8.00. The van der Waals surface area contributed by atoms with Gasteiger partial charge in [0.1, 0.15) is 53.3 Å². The molecule has 2 radical (unpaired) electrons. The molecule has 22 heteroatoms. The van der Waals surface area contributed by atoms with E-state index in [1.54, 1.807) is 59.4 Å². The van der Waals surface area contributed by atoms with Crippen molar-refractivity contribution in [3.8, 4) is 23.0 Å². The number of fused-ring (bicyclic) bond motifs is 1. The van der Waals surface area contributed by atoms with E-state index in [0.29, 0.717) is 51.1 Å². The van der Waals surface area contributed by atoms with Crippen LogP contribution in [0.25, 0.3) is 0 Å². The number of likely N-dealkylation sites (tertiary alicyclic amines) is 1. The number of nitrogens with zero attached hydrogens (tertiary/aromatic N) is 4. The van der Waals surface area contributed by atoms with E-state index in [-0.39, 0.29) is 54.1 Å². The van der Waals surface area contributed by atoms with Gasteiger partial charge in [0.05, 0.1) is 62.4 Å². The van der Waals surface area contributed by atoms with Crippen LogP contribution in [0, 0.1) is 12.8 Å². The number of esters is 1. The molecular weight excluding hydrogens is 1010 g/mol. The summed E-state index contributed by atoms with van der Waals surface area (Å²) in [5.74, 6) is -0.935. The standard InChI is InChI=1S/C52H60BClN6O12S2/c1-31-56-39(30-73-31)43(58-72-52(5,6)49(64)70-51(2,3)4)40(61)25-37-46(62)59-44(48(63)71-53)34(29-74-47(37)59)26-60(22-9-10-23-60)24-21-55-50(65)57-38-19-20-41(68-27-32-11-15-35(66-7)16-12-32)45(42(38)54)69-28-33-13-17-36(67-8)18-14-33/h11-20,30,37,47H,9-10,21-29H2,1-8H3,(H-,55,57,65)/p+1/b58-43-/t37-,47-/m1/s1. The van der Waals surface area contributed by atoms with Gasteiger partial charge in [-0.05, 0) is 89.1 Å². The zero-order chi connectivity index (χ0) is 53.4. The Balaban J connectivity index is 1.01. The zero-order valence-electron chi connectivity index (χ0n) is 42.7. The molecule has 18 nitrogen and oxygen atoms in total. The maximum Gasteiger partial charge on any atom is 0.378 e. The van der Waals surface area contributed by atoms with Crippen LogP contribution in [0.2, 0.25) is 5.02 Å². The molecule has 2 fully saturated rings. The first-order valence-corrected chi connectivity index (χ1v) is 26.3. The molecule has 3 aromatic carbocycles. The Hall–Kier alpha value is -6.29. The number of aryl methyl sites for hydroxylation is 1. The predicted molar refractivity (Wildman–Crippen MR) is 282 cm³/mol. The number of halogens is 1. The molecule has 7 rings (SSSR count). The number of rotatable bonds is 22. The molecule has 2 atom stereocenters. The van der Waals surface area contributed by atoms with E-state index in [2.05, 4.69) is 20.8 Å². The molecule has 392 valence electrons. The molecule has 74 heavy (non-hydrogen) atoms. The number of amides is 3. The first-order valence-electron chi connectivity index (χ1n) is 24.0. The first kappa shape index (κ1) is 55.5. The molecule has 3 aliphatic heterocycles. The second-order valence-electron chi connectivity index (χ2n) is 19.6. The number of ketones is 1. The summed E-state index contributed by atoms with van der Waals surface area (Å²) >= 11 is 9.70. The summed E-state index contributed by atoms with van der Waals surface area (Å²) < 4.78 is 33.8. The van der Waals surface area contributed by atoms with Crippen molar-refractivity contribution in [2.75, 3.05) is 58.0 Å². The van der Waals surface area contributed by atoms with Crippen LogP contribution in [0.5, 0.6) is 23.0 Å². The van der Waals surface area contributed by atoms with E-state index in [0.717, 1.165) is 42.8 Å². The van der Waals surface area contributed by atoms with Crippen LogP contribution < -0.4 is 29.6 Å². The summed E-state index contributed by atoms with van der Waals surface area (Å²) in [5, 5.41) is 11.9. The number of hydrogen-bond acceptors (Lipinski definition) is 16. The number of urea groups is 1. The third-order valence-corrected chi connectivity index (χ3v) is 15.1. The minimum atomic E-state index is -1.56. The number of quaternary nitrogens is 1. The molecule has 3 aliphatic rings. The van der Waals surface area contributed by atoms with Crippen LogP contribution in [0.15, 0.2) is 82.5 Å². The highest BCUT2D eigenvalue weighted by Crippen LogP contribution is 2.47. The third-order valence-electron chi connectivity index (χ3n) is 12.6. The number of thiazole rings is 1. The number of Topliss-reactive ketones (excluding diaryl/α,β-unsaturated/α-hetero) is 1. The van der Waals surface area contributed by atoms with Gasteiger partial charge < -0.3 is 48.3 Å². The molecular formula is C52H61BClN6O12S2+. The molecule has 0 bridgehead atoms. The number of benzene rings is 3. The average Bonchev–Trinajstić information content (AvgIpc) is 4.03. The molecule has 2 N–H and O–H groups in total. The molecule has 0 unspecified atom stereocenters. The van der Waals surface area contributed by atoms with Crippen LogP contribution in [0.4, 0.5) is 10.5 Å². The van der Waals surface area contributed by atoms with E-state index in [4.69, 9.17) is 52.8 Å². The number of oxime groups is 1. The molecule has 4 heterocycles. The van der Waals surface area contributed by atoms with E-state index >= 15 is 0 Å². The number of ether oxygens (including phenoxy) is 5. The maximum atomic E-state index is 14.1. The van der Waals surface area contributed by atoms with Crippen LogP contribution in [-0.2, 0) is 46.6 Å². The maximum absolute atomic E-state index is 14.1. The fourth-order valence-electron chi connectivity index (χ4n) is 8.68. The number of aromatic nitrogens is 1. The van der Waals surface area contributed by atoms with Crippen molar-refractivity contribution < 1.29 is 61.6 Å². The Kier molecular flexibility index (Phi) is 17.9. The number of β-lactam (4-membered cyclic amide) rings is 1. The molecule has 3 amide bonds. The van der Waals surface area contributed by atoms with E-state index in [1.165, 1.54) is 41.8 Å². The van der Waals surface area contributed by atoms with E-state index in [1.807, 2.05) is 48.5 Å². The van der Waals surface area contributed by atoms with Crippen molar-refractivity contribution in [2.24, 2.45) is 11.1 Å². The van der Waals surface area contributed by atoms with Crippen molar-refractivity contribution in [3.05, 3.63) is 104 Å². The second-order valence-corrected chi connectivity index (χ2v) is 22.1. The van der Waals surface area contributed by atoms with E-state index < -0.39 is 52.2 Å². The largest absolute Gasteiger partial charge is 0.539 e. The number of carbonyl (C=O) groups is 5. The molecule has 0 spiro atoms. The smallest absolute Gasteiger partial charge is 0.378 e. The fourth-order valence-corrected chi connectivity index (χ4v) is 10.9. The minimum Gasteiger partial charge on any atom is -0.539 e. The minimum absolute atomic E-state index is 0.0580. The second kappa shape index (κ2) is 23.9. The van der Waals surface area contributed by atoms with Gasteiger partial charge in [-0.25, -0.2) is 19.4 Å². The normalized spacial score (nSPS) is 17.4. The van der Waals surface area contributed by atoms with Gasteiger partial charge in [-0.3, -0.25) is 14.5 Å². The van der Waals surface area contributed by atoms with Crippen molar-refractivity contribution in [2.45, 2.75) is 90.6 Å². The Morgan fingerprint density at radius 1 is 0.919 bits per heavy atom. The van der Waals surface area contributed by atoms with E-state index in [9.17, 15) is 24.0 Å². The van der Waals surface area contributed by atoms with Crippen LogP contribution in [-0.4, -0.2) is 127 Å². The van der Waals surface area contributed by atoms with Gasteiger partial charge in [0.25, 0.3) is 0 Å². The van der Waals surface area contributed by atoms with Crippen molar-refractivity contribution in [3.63, 3.8) is 0 Å². The van der Waals surface area contributed by atoms with Crippen LogP contribution in [0.3, 0.4) is 0 Å². The first-order chi connectivity index (χ1) is 35.2. The Bertz CT molecular complexity index is 2780. The molecule has 0 saturated carbocycles. The average molecular weight is 1070 g/mol. The summed E-state index contributed by atoms with van der Waals surface area (Å²) in [4.78, 5) is 79.5. The Morgan fingerprint density at radius 2 is 1.55 bits per heavy atom. The summed E-state index contributed by atoms with van der Waals surface area (Å²) in [7, 11) is 8.69. The van der Waals surface area contributed by atoms with Gasteiger partial charge in [-0.2, -0.15) is 0 Å². The zero-order valence-corrected chi connectivity index (χ0v) is 45.1. The van der Waals surface area contributed by atoms with Gasteiger partial charge in [0, 0.05) is 36.0 Å².